The van der Waals surface area contributed by atoms with E-state index in [-0.39, 0.29) is 11.8 Å². The second kappa shape index (κ2) is 4.77. The smallest absolute Gasteiger partial charge is 0.253 e. The van der Waals surface area contributed by atoms with Gasteiger partial charge in [-0.3, -0.25) is 14.5 Å². The number of hydrogen-bond acceptors (Lipinski definition) is 3. The van der Waals surface area contributed by atoms with Gasteiger partial charge in [-0.1, -0.05) is 0 Å². The molecule has 0 fully saturated rings. The van der Waals surface area contributed by atoms with Gasteiger partial charge < -0.3 is 4.74 Å². The Morgan fingerprint density at radius 1 is 1.23 bits per heavy atom. The molecule has 0 aromatic heterocycles. The summed E-state index contributed by atoms with van der Waals surface area (Å²) in [7, 11) is 1.63. The predicted molar refractivity (Wildman–Crippen MR) is 47.0 cm³/mol. The van der Waals surface area contributed by atoms with Crippen molar-refractivity contribution in [3.05, 3.63) is 12.2 Å². The van der Waals surface area contributed by atoms with E-state index in [9.17, 15) is 9.59 Å². The van der Waals surface area contributed by atoms with Gasteiger partial charge in [0.05, 0.1) is 0 Å². The molecule has 4 nitrogen and oxygen atoms in total. The Kier molecular flexibility index (Phi) is 3.64. The molecule has 1 rings (SSSR count). The minimum atomic E-state index is -0.206. The van der Waals surface area contributed by atoms with Crippen LogP contribution in [0.15, 0.2) is 12.2 Å². The first-order chi connectivity index (χ1) is 6.25. The molecule has 0 radical (unpaired) electrons. The van der Waals surface area contributed by atoms with Gasteiger partial charge >= 0.3 is 0 Å². The lowest BCUT2D eigenvalue weighted by Crippen LogP contribution is -2.30. The molecule has 1 aliphatic rings. The van der Waals surface area contributed by atoms with Crippen LogP contribution in [-0.4, -0.2) is 37.0 Å². The maximum atomic E-state index is 11.0. The summed E-state index contributed by atoms with van der Waals surface area (Å²) in [4.78, 5) is 23.3. The average molecular weight is 183 g/mol. The van der Waals surface area contributed by atoms with E-state index in [1.54, 1.807) is 7.11 Å². The maximum Gasteiger partial charge on any atom is 0.253 e. The summed E-state index contributed by atoms with van der Waals surface area (Å²) < 4.78 is 4.86. The molecular formula is C9H13NO3. The fourth-order valence-corrected chi connectivity index (χ4v) is 1.17. The van der Waals surface area contributed by atoms with Gasteiger partial charge in [0.1, 0.15) is 0 Å². The third-order valence-electron chi connectivity index (χ3n) is 1.88. The Morgan fingerprint density at radius 3 is 2.38 bits per heavy atom. The van der Waals surface area contributed by atoms with Gasteiger partial charge in [-0.25, -0.2) is 0 Å². The summed E-state index contributed by atoms with van der Waals surface area (Å²) in [5.74, 6) is -0.412. The molecule has 0 bridgehead atoms. The van der Waals surface area contributed by atoms with Crippen molar-refractivity contribution in [2.75, 3.05) is 20.3 Å². The summed E-state index contributed by atoms with van der Waals surface area (Å²) in [6, 6.07) is 0. The fraction of sp³-hybridized carbons (Fsp3) is 0.556. The summed E-state index contributed by atoms with van der Waals surface area (Å²) in [5.41, 5.74) is 0. The van der Waals surface area contributed by atoms with Crippen LogP contribution < -0.4 is 0 Å². The number of ether oxygens (including phenoxy) is 1. The number of amides is 2. The topological polar surface area (TPSA) is 46.6 Å². The molecule has 0 N–H and O–H groups in total. The Bertz CT molecular complexity index is 217. The zero-order chi connectivity index (χ0) is 9.68. The van der Waals surface area contributed by atoms with Crippen molar-refractivity contribution in [1.29, 1.82) is 0 Å². The highest BCUT2D eigenvalue weighted by molar-refractivity contribution is 6.12. The molecule has 1 aliphatic heterocycles. The quantitative estimate of drug-likeness (QED) is 0.456. The van der Waals surface area contributed by atoms with Crippen LogP contribution in [0.2, 0.25) is 0 Å². The zero-order valence-electron chi connectivity index (χ0n) is 7.66. The lowest BCUT2D eigenvalue weighted by Gasteiger charge is -2.12. The monoisotopic (exact) mass is 183 g/mol. The van der Waals surface area contributed by atoms with Crippen molar-refractivity contribution in [1.82, 2.24) is 4.90 Å². The summed E-state index contributed by atoms with van der Waals surface area (Å²) in [5, 5.41) is 0. The number of nitrogens with zero attached hydrogens (tertiary/aromatic N) is 1. The van der Waals surface area contributed by atoms with Crippen molar-refractivity contribution >= 4 is 11.8 Å². The number of carbonyl (C=O) groups excluding carboxylic acids is 2. The molecule has 0 unspecified atom stereocenters. The first kappa shape index (κ1) is 9.92. The van der Waals surface area contributed by atoms with Crippen molar-refractivity contribution in [3.63, 3.8) is 0 Å². The first-order valence-corrected chi connectivity index (χ1v) is 4.28. The lowest BCUT2D eigenvalue weighted by atomic mass is 10.3. The third-order valence-corrected chi connectivity index (χ3v) is 1.88. The number of carbonyl (C=O) groups is 2. The molecule has 0 aliphatic carbocycles. The Morgan fingerprint density at radius 2 is 1.85 bits per heavy atom. The van der Waals surface area contributed by atoms with Gasteiger partial charge in [-0.05, 0) is 12.8 Å². The molecule has 0 atom stereocenters. The summed E-state index contributed by atoms with van der Waals surface area (Å²) in [6.07, 6.45) is 4.28. The van der Waals surface area contributed by atoms with Gasteiger partial charge in [0.15, 0.2) is 0 Å². The second-order valence-corrected chi connectivity index (χ2v) is 2.86. The zero-order valence-corrected chi connectivity index (χ0v) is 7.66. The lowest BCUT2D eigenvalue weighted by molar-refractivity contribution is -0.136. The van der Waals surface area contributed by atoms with E-state index >= 15 is 0 Å². The number of rotatable bonds is 5. The van der Waals surface area contributed by atoms with Crippen LogP contribution >= 0.6 is 0 Å². The molecular weight excluding hydrogens is 170 g/mol. The van der Waals surface area contributed by atoms with Crippen LogP contribution in [0.4, 0.5) is 0 Å². The van der Waals surface area contributed by atoms with Gasteiger partial charge in [0.2, 0.25) is 0 Å². The van der Waals surface area contributed by atoms with E-state index in [1.807, 2.05) is 0 Å². The average Bonchev–Trinajstić information content (AvgIpc) is 2.42. The Labute approximate surface area is 77.2 Å². The van der Waals surface area contributed by atoms with E-state index in [0.29, 0.717) is 13.2 Å². The highest BCUT2D eigenvalue weighted by atomic mass is 16.5. The largest absolute Gasteiger partial charge is 0.385 e. The normalized spacial score (nSPS) is 15.9. The van der Waals surface area contributed by atoms with E-state index in [1.165, 1.54) is 17.1 Å². The van der Waals surface area contributed by atoms with E-state index < -0.39 is 0 Å². The predicted octanol–water partition coefficient (Wildman–Crippen LogP) is 0.338. The fourth-order valence-electron chi connectivity index (χ4n) is 1.17. The first-order valence-electron chi connectivity index (χ1n) is 4.28. The molecule has 0 spiro atoms. The van der Waals surface area contributed by atoms with E-state index in [4.69, 9.17) is 4.74 Å². The minimum Gasteiger partial charge on any atom is -0.385 e. The van der Waals surface area contributed by atoms with Gasteiger partial charge in [-0.2, -0.15) is 0 Å². The van der Waals surface area contributed by atoms with Crippen LogP contribution in [0.3, 0.4) is 0 Å². The number of methoxy groups -OCH3 is 1. The second-order valence-electron chi connectivity index (χ2n) is 2.86. The van der Waals surface area contributed by atoms with E-state index in [0.717, 1.165) is 12.8 Å². The molecule has 0 aromatic rings. The highest BCUT2D eigenvalue weighted by Gasteiger charge is 2.21. The van der Waals surface area contributed by atoms with Crippen LogP contribution in [0.1, 0.15) is 12.8 Å². The molecule has 0 aromatic carbocycles. The molecule has 13 heavy (non-hydrogen) atoms. The van der Waals surface area contributed by atoms with Crippen molar-refractivity contribution in [2.45, 2.75) is 12.8 Å². The van der Waals surface area contributed by atoms with Gasteiger partial charge in [-0.15, -0.1) is 0 Å². The van der Waals surface area contributed by atoms with Gasteiger partial charge in [0, 0.05) is 32.4 Å². The minimum absolute atomic E-state index is 0.206. The number of imide groups is 1. The Balaban J connectivity index is 2.22. The van der Waals surface area contributed by atoms with Crippen molar-refractivity contribution in [3.8, 4) is 0 Å². The molecule has 2 amide bonds. The molecule has 1 heterocycles. The van der Waals surface area contributed by atoms with Crippen LogP contribution in [0, 0.1) is 0 Å². The molecule has 4 heteroatoms. The van der Waals surface area contributed by atoms with Crippen LogP contribution in [-0.2, 0) is 14.3 Å². The highest BCUT2D eigenvalue weighted by Crippen LogP contribution is 2.05. The number of hydrogen-bond donors (Lipinski definition) is 0. The Hall–Kier alpha value is -1.16. The van der Waals surface area contributed by atoms with Crippen molar-refractivity contribution < 1.29 is 14.3 Å². The molecule has 0 saturated carbocycles. The molecule has 72 valence electrons. The standard InChI is InChI=1S/C9H13NO3/c1-13-7-3-2-6-10-8(11)4-5-9(10)12/h4-5H,2-3,6-7H2,1H3. The maximum absolute atomic E-state index is 11.0. The SMILES string of the molecule is COCCCCN1C(=O)C=CC1=O. The summed E-state index contributed by atoms with van der Waals surface area (Å²) >= 11 is 0. The third kappa shape index (κ3) is 2.66. The van der Waals surface area contributed by atoms with Crippen LogP contribution in [0.25, 0.3) is 0 Å². The van der Waals surface area contributed by atoms with Crippen molar-refractivity contribution in [2.24, 2.45) is 0 Å². The molecule has 0 saturated heterocycles. The van der Waals surface area contributed by atoms with Crippen LogP contribution in [0.5, 0.6) is 0 Å². The van der Waals surface area contributed by atoms with E-state index in [2.05, 4.69) is 0 Å². The number of unbranched alkanes of at least 4 members (excludes halogenated alkanes) is 1. The summed E-state index contributed by atoms with van der Waals surface area (Å²) in [6.45, 7) is 1.16. The van der Waals surface area contributed by atoms with Gasteiger partial charge in [0.25, 0.3) is 11.8 Å².